The molecule has 0 amide bonds. The fraction of sp³-hybridized carbons (Fsp3) is 0.111. The predicted molar refractivity (Wildman–Crippen MR) is 51.1 cm³/mol. The molecule has 1 aromatic carbocycles. The molecule has 0 atom stereocenters. The Kier molecular flexibility index (Phi) is 3.46. The fourth-order valence-electron chi connectivity index (χ4n) is 1.01. The normalized spacial score (nSPS) is 10.9. The summed E-state index contributed by atoms with van der Waals surface area (Å²) in [5, 5.41) is 10.3. The molecule has 2 N–H and O–H groups in total. The molecular formula is C9H8F2N2O2. The van der Waals surface area contributed by atoms with Crippen molar-refractivity contribution in [3.05, 3.63) is 45.5 Å². The lowest BCUT2D eigenvalue weighted by Gasteiger charge is -1.98. The van der Waals surface area contributed by atoms with Gasteiger partial charge in [-0.3, -0.25) is 10.1 Å². The third-order valence-corrected chi connectivity index (χ3v) is 1.70. The van der Waals surface area contributed by atoms with Crippen molar-refractivity contribution >= 4 is 11.8 Å². The summed E-state index contributed by atoms with van der Waals surface area (Å²) in [6.45, 7) is 0.179. The summed E-state index contributed by atoms with van der Waals surface area (Å²) >= 11 is 0. The average Bonchev–Trinajstić information content (AvgIpc) is 2.18. The van der Waals surface area contributed by atoms with Crippen LogP contribution in [0.1, 0.15) is 5.56 Å². The summed E-state index contributed by atoms with van der Waals surface area (Å²) in [6.07, 6.45) is 2.69. The van der Waals surface area contributed by atoms with Crippen LogP contribution in [0.5, 0.6) is 0 Å². The SMILES string of the molecule is NC/C=C/c1cc(F)c([N+](=O)[O-])cc1F. The van der Waals surface area contributed by atoms with E-state index < -0.39 is 22.2 Å². The van der Waals surface area contributed by atoms with Gasteiger partial charge < -0.3 is 5.73 Å². The molecule has 1 rings (SSSR count). The van der Waals surface area contributed by atoms with Gasteiger partial charge in [-0.15, -0.1) is 0 Å². The van der Waals surface area contributed by atoms with Crippen LogP contribution in [0, 0.1) is 21.7 Å². The Morgan fingerprint density at radius 2 is 2.07 bits per heavy atom. The predicted octanol–water partition coefficient (Wildman–Crippen LogP) is 1.84. The van der Waals surface area contributed by atoms with Crippen LogP contribution < -0.4 is 5.73 Å². The van der Waals surface area contributed by atoms with E-state index in [1.165, 1.54) is 12.2 Å². The number of nitro benzene ring substituents is 1. The van der Waals surface area contributed by atoms with E-state index in [1.54, 1.807) is 0 Å². The van der Waals surface area contributed by atoms with Crippen molar-refractivity contribution in [3.8, 4) is 0 Å². The first kappa shape index (κ1) is 11.3. The lowest BCUT2D eigenvalue weighted by molar-refractivity contribution is -0.387. The Morgan fingerprint density at radius 3 is 2.60 bits per heavy atom. The van der Waals surface area contributed by atoms with E-state index in [9.17, 15) is 18.9 Å². The average molecular weight is 214 g/mol. The van der Waals surface area contributed by atoms with Gasteiger partial charge >= 0.3 is 5.69 Å². The van der Waals surface area contributed by atoms with Crippen LogP contribution in [-0.2, 0) is 0 Å². The molecule has 0 saturated heterocycles. The molecule has 0 bridgehead atoms. The molecule has 80 valence electrons. The molecule has 1 aromatic rings. The fourth-order valence-corrected chi connectivity index (χ4v) is 1.01. The minimum atomic E-state index is -1.07. The minimum Gasteiger partial charge on any atom is -0.327 e. The number of hydrogen-bond donors (Lipinski definition) is 1. The molecule has 0 unspecified atom stereocenters. The summed E-state index contributed by atoms with van der Waals surface area (Å²) in [6, 6.07) is 1.31. The lowest BCUT2D eigenvalue weighted by atomic mass is 10.1. The Bertz CT molecular complexity index is 419. The number of nitro groups is 1. The Morgan fingerprint density at radius 1 is 1.40 bits per heavy atom. The van der Waals surface area contributed by atoms with Crippen molar-refractivity contribution in [2.45, 2.75) is 0 Å². The zero-order chi connectivity index (χ0) is 11.4. The van der Waals surface area contributed by atoms with Crippen LogP contribution in [0.4, 0.5) is 14.5 Å². The topological polar surface area (TPSA) is 69.2 Å². The number of rotatable bonds is 3. The Balaban J connectivity index is 3.19. The first-order valence-corrected chi connectivity index (χ1v) is 4.06. The van der Waals surface area contributed by atoms with Gasteiger partial charge in [-0.05, 0) is 6.07 Å². The van der Waals surface area contributed by atoms with E-state index in [1.807, 2.05) is 0 Å². The highest BCUT2D eigenvalue weighted by atomic mass is 19.1. The highest BCUT2D eigenvalue weighted by Gasteiger charge is 2.17. The quantitative estimate of drug-likeness (QED) is 0.616. The first-order chi connectivity index (χ1) is 7.06. The summed E-state index contributed by atoms with van der Waals surface area (Å²) in [5.41, 5.74) is 4.19. The third-order valence-electron chi connectivity index (χ3n) is 1.70. The highest BCUT2D eigenvalue weighted by molar-refractivity contribution is 5.53. The van der Waals surface area contributed by atoms with Gasteiger partial charge in [0.1, 0.15) is 5.82 Å². The number of halogens is 2. The van der Waals surface area contributed by atoms with Crippen LogP contribution in [0.25, 0.3) is 6.08 Å². The van der Waals surface area contributed by atoms with E-state index in [0.717, 1.165) is 6.07 Å². The maximum Gasteiger partial charge on any atom is 0.307 e. The summed E-state index contributed by atoms with van der Waals surface area (Å²) < 4.78 is 26.2. The van der Waals surface area contributed by atoms with Gasteiger partial charge in [-0.2, -0.15) is 4.39 Å². The van der Waals surface area contributed by atoms with Crippen molar-refractivity contribution in [3.63, 3.8) is 0 Å². The molecule has 4 nitrogen and oxygen atoms in total. The van der Waals surface area contributed by atoms with E-state index in [2.05, 4.69) is 0 Å². The molecule has 0 radical (unpaired) electrons. The maximum atomic E-state index is 13.2. The minimum absolute atomic E-state index is 0.0662. The zero-order valence-electron chi connectivity index (χ0n) is 7.61. The molecule has 6 heteroatoms. The molecule has 0 aliphatic rings. The number of benzene rings is 1. The lowest BCUT2D eigenvalue weighted by Crippen LogP contribution is -1.96. The van der Waals surface area contributed by atoms with Crippen LogP contribution in [0.15, 0.2) is 18.2 Å². The molecule has 0 saturated carbocycles. The van der Waals surface area contributed by atoms with Crippen molar-refractivity contribution < 1.29 is 13.7 Å². The van der Waals surface area contributed by atoms with E-state index >= 15 is 0 Å². The van der Waals surface area contributed by atoms with Gasteiger partial charge in [-0.25, -0.2) is 4.39 Å². The molecule has 0 aromatic heterocycles. The van der Waals surface area contributed by atoms with Crippen LogP contribution in [-0.4, -0.2) is 11.5 Å². The van der Waals surface area contributed by atoms with Crippen LogP contribution >= 0.6 is 0 Å². The monoisotopic (exact) mass is 214 g/mol. The highest BCUT2D eigenvalue weighted by Crippen LogP contribution is 2.21. The smallest absolute Gasteiger partial charge is 0.307 e. The number of nitrogens with zero attached hydrogens (tertiary/aromatic N) is 1. The van der Waals surface area contributed by atoms with Gasteiger partial charge in [0.15, 0.2) is 0 Å². The third kappa shape index (κ3) is 2.57. The standard InChI is InChI=1S/C9H8F2N2O2/c10-7-5-9(13(14)15)8(11)4-6(7)2-1-3-12/h1-2,4-5H,3,12H2/b2-1+. The largest absolute Gasteiger partial charge is 0.327 e. The van der Waals surface area contributed by atoms with Gasteiger partial charge in [0.05, 0.1) is 11.0 Å². The summed E-state index contributed by atoms with van der Waals surface area (Å²) in [7, 11) is 0. The van der Waals surface area contributed by atoms with Crippen LogP contribution in [0.3, 0.4) is 0 Å². The van der Waals surface area contributed by atoms with E-state index in [0.29, 0.717) is 6.07 Å². The van der Waals surface area contributed by atoms with Gasteiger partial charge in [0, 0.05) is 12.1 Å². The van der Waals surface area contributed by atoms with Crippen LogP contribution in [0.2, 0.25) is 0 Å². The molecule has 0 heterocycles. The number of nitrogens with two attached hydrogens (primary N) is 1. The van der Waals surface area contributed by atoms with E-state index in [4.69, 9.17) is 5.73 Å². The molecular weight excluding hydrogens is 206 g/mol. The second kappa shape index (κ2) is 4.61. The second-order valence-electron chi connectivity index (χ2n) is 2.72. The molecule has 15 heavy (non-hydrogen) atoms. The zero-order valence-corrected chi connectivity index (χ0v) is 7.61. The van der Waals surface area contributed by atoms with Gasteiger partial charge in [-0.1, -0.05) is 12.2 Å². The van der Waals surface area contributed by atoms with E-state index in [-0.39, 0.29) is 12.1 Å². The van der Waals surface area contributed by atoms with Crippen molar-refractivity contribution in [1.29, 1.82) is 0 Å². The Hall–Kier alpha value is -1.82. The van der Waals surface area contributed by atoms with Crippen molar-refractivity contribution in [1.82, 2.24) is 0 Å². The number of hydrogen-bond acceptors (Lipinski definition) is 3. The second-order valence-corrected chi connectivity index (χ2v) is 2.72. The maximum absolute atomic E-state index is 13.2. The Labute approximate surface area is 84.2 Å². The molecule has 0 spiro atoms. The molecule has 0 aliphatic carbocycles. The summed E-state index contributed by atoms with van der Waals surface area (Å²) in [5.74, 6) is -1.93. The van der Waals surface area contributed by atoms with Gasteiger partial charge in [0.2, 0.25) is 5.82 Å². The summed E-state index contributed by atoms with van der Waals surface area (Å²) in [4.78, 5) is 9.28. The molecule has 0 fully saturated rings. The van der Waals surface area contributed by atoms with Gasteiger partial charge in [0.25, 0.3) is 0 Å². The molecule has 0 aliphatic heterocycles. The van der Waals surface area contributed by atoms with Crippen molar-refractivity contribution in [2.75, 3.05) is 6.54 Å². The van der Waals surface area contributed by atoms with Crippen molar-refractivity contribution in [2.24, 2.45) is 5.73 Å². The first-order valence-electron chi connectivity index (χ1n) is 4.06.